The van der Waals surface area contributed by atoms with E-state index in [0.29, 0.717) is 12.2 Å². The summed E-state index contributed by atoms with van der Waals surface area (Å²) in [5.41, 5.74) is 7.36. The van der Waals surface area contributed by atoms with Crippen molar-refractivity contribution in [3.8, 4) is 33.8 Å². The zero-order valence-corrected chi connectivity index (χ0v) is 19.7. The number of nitrogens with zero attached hydrogens (tertiary/aromatic N) is 4. The summed E-state index contributed by atoms with van der Waals surface area (Å²) in [6.07, 6.45) is 5.84. The molecular weight excluding hydrogens is 452 g/mol. The van der Waals surface area contributed by atoms with Crippen LogP contribution in [0, 0.1) is 6.92 Å². The molecule has 1 atom stereocenters. The molecule has 0 spiro atoms. The van der Waals surface area contributed by atoms with Crippen LogP contribution in [0.15, 0.2) is 73.3 Å². The lowest BCUT2D eigenvalue weighted by atomic mass is 10.0. The van der Waals surface area contributed by atoms with Crippen molar-refractivity contribution in [2.45, 2.75) is 19.4 Å². The first-order valence-electron chi connectivity index (χ1n) is 11.9. The van der Waals surface area contributed by atoms with Crippen LogP contribution in [0.2, 0.25) is 0 Å². The first-order valence-corrected chi connectivity index (χ1v) is 11.9. The smallest absolute Gasteiger partial charge is 0.357 e. The first-order chi connectivity index (χ1) is 17.6. The van der Waals surface area contributed by atoms with E-state index in [1.165, 1.54) is 0 Å². The standard InChI is InChI=1S/C28H24N6O2/c1-17-3-2-4-24(34-17)27-26(32-16-33-27)19-5-6-23-20(11-19)12-21(14-31-23)18-7-10-30-25(13-18)28(35)36-22-8-9-29-15-22/h2-7,10-14,16,22,29H,8-9,15H2,1H3,(H,32,33)/t22-/m0/s1. The van der Waals surface area contributed by atoms with Gasteiger partial charge in [0.05, 0.1) is 28.9 Å². The van der Waals surface area contributed by atoms with E-state index in [1.807, 2.05) is 49.5 Å². The third-order valence-corrected chi connectivity index (χ3v) is 6.33. The Balaban J connectivity index is 1.33. The van der Waals surface area contributed by atoms with Crippen LogP contribution in [0.1, 0.15) is 22.6 Å². The summed E-state index contributed by atoms with van der Waals surface area (Å²) in [6.45, 7) is 3.51. The largest absolute Gasteiger partial charge is 0.456 e. The summed E-state index contributed by atoms with van der Waals surface area (Å²) < 4.78 is 5.58. The van der Waals surface area contributed by atoms with Crippen LogP contribution in [-0.4, -0.2) is 50.1 Å². The van der Waals surface area contributed by atoms with Gasteiger partial charge < -0.3 is 15.0 Å². The zero-order valence-electron chi connectivity index (χ0n) is 19.7. The van der Waals surface area contributed by atoms with Gasteiger partial charge in [-0.2, -0.15) is 0 Å². The molecule has 0 saturated carbocycles. The number of aromatic nitrogens is 5. The average molecular weight is 477 g/mol. The van der Waals surface area contributed by atoms with Crippen LogP contribution in [0.3, 0.4) is 0 Å². The van der Waals surface area contributed by atoms with Gasteiger partial charge in [-0.05, 0) is 67.9 Å². The number of nitrogens with one attached hydrogen (secondary N) is 2. The van der Waals surface area contributed by atoms with Gasteiger partial charge in [-0.15, -0.1) is 0 Å². The van der Waals surface area contributed by atoms with Crippen LogP contribution < -0.4 is 5.32 Å². The molecule has 1 aromatic carbocycles. The van der Waals surface area contributed by atoms with Crippen molar-refractivity contribution in [1.82, 2.24) is 30.2 Å². The minimum Gasteiger partial charge on any atom is -0.456 e. The number of hydrogen-bond donors (Lipinski definition) is 2. The summed E-state index contributed by atoms with van der Waals surface area (Å²) in [7, 11) is 0. The Labute approximate surface area is 207 Å². The van der Waals surface area contributed by atoms with Gasteiger partial charge in [-0.3, -0.25) is 9.97 Å². The molecule has 178 valence electrons. The Kier molecular flexibility index (Phi) is 5.71. The lowest BCUT2D eigenvalue weighted by molar-refractivity contribution is 0.0337. The van der Waals surface area contributed by atoms with E-state index in [1.54, 1.807) is 18.6 Å². The topological polar surface area (TPSA) is 106 Å². The molecule has 1 fully saturated rings. The number of aryl methyl sites for hydroxylation is 1. The fourth-order valence-electron chi connectivity index (χ4n) is 4.49. The van der Waals surface area contributed by atoms with E-state index in [2.05, 4.69) is 42.4 Å². The van der Waals surface area contributed by atoms with E-state index < -0.39 is 5.97 Å². The lowest BCUT2D eigenvalue weighted by Gasteiger charge is -2.11. The number of carbonyl (C=O) groups excluding carboxylic acids is 1. The fourth-order valence-corrected chi connectivity index (χ4v) is 4.49. The third kappa shape index (κ3) is 4.34. The summed E-state index contributed by atoms with van der Waals surface area (Å²) >= 11 is 0. The van der Waals surface area contributed by atoms with Crippen molar-refractivity contribution in [2.24, 2.45) is 0 Å². The van der Waals surface area contributed by atoms with Crippen LogP contribution in [0.4, 0.5) is 0 Å². The molecule has 36 heavy (non-hydrogen) atoms. The molecule has 0 radical (unpaired) electrons. The molecule has 0 aliphatic carbocycles. The van der Waals surface area contributed by atoms with E-state index in [-0.39, 0.29) is 6.10 Å². The Morgan fingerprint density at radius 2 is 1.92 bits per heavy atom. The first kappa shape index (κ1) is 22.1. The number of hydrogen-bond acceptors (Lipinski definition) is 7. The molecule has 0 unspecified atom stereocenters. The number of esters is 1. The molecule has 5 heterocycles. The quantitative estimate of drug-likeness (QED) is 0.358. The Morgan fingerprint density at radius 1 is 1.00 bits per heavy atom. The molecule has 4 aromatic heterocycles. The monoisotopic (exact) mass is 476 g/mol. The zero-order chi connectivity index (χ0) is 24.5. The average Bonchev–Trinajstić information content (AvgIpc) is 3.61. The molecule has 5 aromatic rings. The van der Waals surface area contributed by atoms with Crippen molar-refractivity contribution in [1.29, 1.82) is 0 Å². The Bertz CT molecular complexity index is 1570. The molecule has 2 N–H and O–H groups in total. The molecule has 8 nitrogen and oxygen atoms in total. The summed E-state index contributed by atoms with van der Waals surface area (Å²) in [6, 6.07) is 17.7. The van der Waals surface area contributed by atoms with Gasteiger partial charge in [-0.25, -0.2) is 14.8 Å². The molecule has 1 aliphatic heterocycles. The van der Waals surface area contributed by atoms with Crippen LogP contribution in [0.25, 0.3) is 44.7 Å². The molecule has 6 rings (SSSR count). The maximum absolute atomic E-state index is 12.6. The minimum absolute atomic E-state index is 0.106. The maximum atomic E-state index is 12.6. The number of pyridine rings is 3. The van der Waals surface area contributed by atoms with Crippen LogP contribution in [0.5, 0.6) is 0 Å². The number of aromatic amines is 1. The van der Waals surface area contributed by atoms with Crippen molar-refractivity contribution < 1.29 is 9.53 Å². The van der Waals surface area contributed by atoms with E-state index in [4.69, 9.17) is 4.74 Å². The van der Waals surface area contributed by atoms with Gasteiger partial charge in [-0.1, -0.05) is 12.1 Å². The van der Waals surface area contributed by atoms with Crippen molar-refractivity contribution in [3.05, 3.63) is 84.7 Å². The van der Waals surface area contributed by atoms with Crippen molar-refractivity contribution in [3.63, 3.8) is 0 Å². The summed E-state index contributed by atoms with van der Waals surface area (Å²) in [5.74, 6) is -0.405. The third-order valence-electron chi connectivity index (χ3n) is 6.33. The van der Waals surface area contributed by atoms with Gasteiger partial charge in [0.25, 0.3) is 0 Å². The number of carbonyl (C=O) groups is 1. The fraction of sp³-hybridized carbons (Fsp3) is 0.179. The molecule has 1 saturated heterocycles. The molecular formula is C28H24N6O2. The van der Waals surface area contributed by atoms with Crippen molar-refractivity contribution in [2.75, 3.05) is 13.1 Å². The van der Waals surface area contributed by atoms with Gasteiger partial charge in [0.2, 0.25) is 0 Å². The second kappa shape index (κ2) is 9.31. The van der Waals surface area contributed by atoms with Gasteiger partial charge in [0, 0.05) is 41.1 Å². The highest BCUT2D eigenvalue weighted by atomic mass is 16.5. The second-order valence-corrected chi connectivity index (χ2v) is 8.87. The number of ether oxygens (including phenoxy) is 1. The number of benzene rings is 1. The lowest BCUT2D eigenvalue weighted by Crippen LogP contribution is -2.21. The van der Waals surface area contributed by atoms with Gasteiger partial charge in [0.15, 0.2) is 0 Å². The van der Waals surface area contributed by atoms with E-state index >= 15 is 0 Å². The highest BCUT2D eigenvalue weighted by Crippen LogP contribution is 2.31. The summed E-state index contributed by atoms with van der Waals surface area (Å²) in [4.78, 5) is 33.9. The Morgan fingerprint density at radius 3 is 2.78 bits per heavy atom. The van der Waals surface area contributed by atoms with Crippen LogP contribution >= 0.6 is 0 Å². The summed E-state index contributed by atoms with van der Waals surface area (Å²) in [5, 5.41) is 4.16. The number of fused-ring (bicyclic) bond motifs is 1. The number of imidazole rings is 1. The van der Waals surface area contributed by atoms with Gasteiger partial charge in [0.1, 0.15) is 11.8 Å². The normalized spacial score (nSPS) is 15.3. The van der Waals surface area contributed by atoms with E-state index in [0.717, 1.165) is 63.3 Å². The van der Waals surface area contributed by atoms with Gasteiger partial charge >= 0.3 is 5.97 Å². The molecule has 1 aliphatic rings. The predicted molar refractivity (Wildman–Crippen MR) is 137 cm³/mol. The highest BCUT2D eigenvalue weighted by Gasteiger charge is 2.21. The maximum Gasteiger partial charge on any atom is 0.357 e. The molecule has 0 amide bonds. The molecule has 8 heteroatoms. The highest BCUT2D eigenvalue weighted by molar-refractivity contribution is 5.91. The predicted octanol–water partition coefficient (Wildman–Crippen LogP) is 4.58. The number of rotatable bonds is 5. The number of H-pyrrole nitrogens is 1. The molecule has 0 bridgehead atoms. The van der Waals surface area contributed by atoms with E-state index in [9.17, 15) is 4.79 Å². The van der Waals surface area contributed by atoms with Crippen LogP contribution in [-0.2, 0) is 4.74 Å². The minimum atomic E-state index is -0.405. The Hall–Kier alpha value is -4.43. The van der Waals surface area contributed by atoms with Crippen molar-refractivity contribution >= 4 is 16.9 Å². The second-order valence-electron chi connectivity index (χ2n) is 8.87. The SMILES string of the molecule is Cc1cccc(-c2[nH]cnc2-c2ccc3ncc(-c4ccnc(C(=O)O[C@H]5CCNC5)c4)cc3c2)n1.